The molecule has 0 atom stereocenters. The van der Waals surface area contributed by atoms with Crippen molar-refractivity contribution in [1.29, 1.82) is 0 Å². The average molecular weight is 420 g/mol. The van der Waals surface area contributed by atoms with Crippen molar-refractivity contribution in [3.05, 3.63) is 63.1 Å². The average Bonchev–Trinajstić information content (AvgIpc) is 2.54. The Kier molecular flexibility index (Phi) is 4.82. The van der Waals surface area contributed by atoms with Crippen LogP contribution in [0.5, 0.6) is 0 Å². The fourth-order valence-corrected chi connectivity index (χ4v) is 5.82. The van der Waals surface area contributed by atoms with E-state index in [-0.39, 0.29) is 0 Å². The molecule has 1 aliphatic rings. The first-order chi connectivity index (χ1) is 11.8. The number of benzene rings is 2. The van der Waals surface area contributed by atoms with Gasteiger partial charge in [0.05, 0.1) is 17.1 Å². The summed E-state index contributed by atoms with van der Waals surface area (Å²) in [7, 11) is -3.62. The normalized spacial score (nSPS) is 14.7. The molecule has 0 aromatic heterocycles. The van der Waals surface area contributed by atoms with Crippen molar-refractivity contribution in [2.75, 3.05) is 10.8 Å². The minimum atomic E-state index is -3.62. The number of rotatable bonds is 3. The highest BCUT2D eigenvalue weighted by atomic mass is 79.9. The van der Waals surface area contributed by atoms with Crippen LogP contribution in [-0.4, -0.2) is 15.0 Å². The third kappa shape index (κ3) is 3.15. The second kappa shape index (κ2) is 6.61. The van der Waals surface area contributed by atoms with E-state index in [4.69, 9.17) is 0 Å². The molecule has 3 nitrogen and oxygen atoms in total. The Morgan fingerprint density at radius 1 is 1.04 bits per heavy atom. The molecule has 1 aliphatic heterocycles. The topological polar surface area (TPSA) is 37.4 Å². The van der Waals surface area contributed by atoms with E-state index < -0.39 is 10.0 Å². The van der Waals surface area contributed by atoms with Crippen molar-refractivity contribution < 1.29 is 8.42 Å². The first-order valence-electron chi connectivity index (χ1n) is 8.34. The maximum absolute atomic E-state index is 13.3. The molecule has 3 rings (SSSR count). The summed E-state index contributed by atoms with van der Waals surface area (Å²) >= 11 is 3.62. The van der Waals surface area contributed by atoms with Gasteiger partial charge >= 0.3 is 0 Å². The lowest BCUT2D eigenvalue weighted by Crippen LogP contribution is -2.35. The standard InChI is InChI=1S/C20H22BrNO2S/c1-5-17-18-11-14(3)10-15(4)20(18)22(12-19(17)21)25(23,24)16-8-6-13(2)7-9-16/h6-11H,5,12H2,1-4H3. The molecule has 0 saturated heterocycles. The van der Waals surface area contributed by atoms with E-state index >= 15 is 0 Å². The molecule has 132 valence electrons. The van der Waals surface area contributed by atoms with E-state index in [0.717, 1.165) is 38.8 Å². The van der Waals surface area contributed by atoms with Crippen LogP contribution >= 0.6 is 15.9 Å². The van der Waals surface area contributed by atoms with Gasteiger partial charge < -0.3 is 0 Å². The molecule has 25 heavy (non-hydrogen) atoms. The van der Waals surface area contributed by atoms with Crippen molar-refractivity contribution in [2.24, 2.45) is 0 Å². The van der Waals surface area contributed by atoms with Crippen molar-refractivity contribution in [2.45, 2.75) is 39.0 Å². The van der Waals surface area contributed by atoms with Crippen molar-refractivity contribution >= 4 is 37.2 Å². The maximum atomic E-state index is 13.3. The summed E-state index contributed by atoms with van der Waals surface area (Å²) in [4.78, 5) is 0.323. The number of fused-ring (bicyclic) bond motifs is 1. The molecule has 1 heterocycles. The lowest BCUT2D eigenvalue weighted by atomic mass is 9.94. The second-order valence-corrected chi connectivity index (χ2v) is 9.36. The van der Waals surface area contributed by atoms with Crippen molar-refractivity contribution in [3.63, 3.8) is 0 Å². The van der Waals surface area contributed by atoms with Crippen LogP contribution in [0.3, 0.4) is 0 Å². The summed E-state index contributed by atoms with van der Waals surface area (Å²) in [5.74, 6) is 0. The first kappa shape index (κ1) is 18.2. The molecular formula is C20H22BrNO2S. The van der Waals surface area contributed by atoms with Gasteiger partial charge in [-0.15, -0.1) is 0 Å². The zero-order valence-corrected chi connectivity index (χ0v) is 17.3. The Morgan fingerprint density at radius 2 is 1.68 bits per heavy atom. The fraction of sp³-hybridized carbons (Fsp3) is 0.300. The number of anilines is 1. The van der Waals surface area contributed by atoms with E-state index in [1.165, 1.54) is 9.88 Å². The van der Waals surface area contributed by atoms with Crippen molar-refractivity contribution in [3.8, 4) is 0 Å². The van der Waals surface area contributed by atoms with Crippen LogP contribution in [0.4, 0.5) is 5.69 Å². The van der Waals surface area contributed by atoms with Crippen LogP contribution in [-0.2, 0) is 10.0 Å². The third-order valence-electron chi connectivity index (χ3n) is 4.59. The highest BCUT2D eigenvalue weighted by Gasteiger charge is 2.33. The van der Waals surface area contributed by atoms with Gasteiger partial charge in [-0.1, -0.05) is 52.2 Å². The van der Waals surface area contributed by atoms with Crippen LogP contribution < -0.4 is 4.31 Å². The summed E-state index contributed by atoms with van der Waals surface area (Å²) in [5, 5.41) is 0. The molecule has 0 spiro atoms. The van der Waals surface area contributed by atoms with Gasteiger partial charge in [0, 0.05) is 10.0 Å². The van der Waals surface area contributed by atoms with Crippen LogP contribution in [0, 0.1) is 20.8 Å². The SMILES string of the molecule is CCC1=C(Br)CN(S(=O)(=O)c2ccc(C)cc2)c2c(C)cc(C)cc21. The second-order valence-electron chi connectivity index (χ2n) is 6.54. The molecule has 2 aromatic rings. The molecule has 5 heteroatoms. The van der Waals surface area contributed by atoms with Gasteiger partial charge in [-0.3, -0.25) is 4.31 Å². The quantitative estimate of drug-likeness (QED) is 0.673. The Labute approximate surface area is 158 Å². The summed E-state index contributed by atoms with van der Waals surface area (Å²) in [6.45, 7) is 8.41. The molecule has 0 amide bonds. The van der Waals surface area contributed by atoms with Crippen LogP contribution in [0.25, 0.3) is 5.57 Å². The molecule has 2 aromatic carbocycles. The fourth-order valence-electron chi connectivity index (χ4n) is 3.39. The van der Waals surface area contributed by atoms with Crippen LogP contribution in [0.1, 0.15) is 35.6 Å². The number of sulfonamides is 1. The van der Waals surface area contributed by atoms with E-state index in [2.05, 4.69) is 28.9 Å². The number of aryl methyl sites for hydroxylation is 3. The lowest BCUT2D eigenvalue weighted by Gasteiger charge is -2.33. The minimum absolute atomic E-state index is 0.323. The molecule has 0 fully saturated rings. The van der Waals surface area contributed by atoms with E-state index in [1.807, 2.05) is 39.0 Å². The smallest absolute Gasteiger partial charge is 0.260 e. The van der Waals surface area contributed by atoms with Crippen LogP contribution in [0.2, 0.25) is 0 Å². The number of allylic oxidation sites excluding steroid dienone is 1. The van der Waals surface area contributed by atoms with Gasteiger partial charge in [-0.05, 0) is 56.5 Å². The number of hydrogen-bond donors (Lipinski definition) is 0. The van der Waals surface area contributed by atoms with E-state index in [0.29, 0.717) is 11.4 Å². The van der Waals surface area contributed by atoms with Gasteiger partial charge in [0.25, 0.3) is 10.0 Å². The van der Waals surface area contributed by atoms with Crippen LogP contribution in [0.15, 0.2) is 45.8 Å². The third-order valence-corrected chi connectivity index (χ3v) is 7.08. The number of nitrogens with zero attached hydrogens (tertiary/aromatic N) is 1. The predicted octanol–water partition coefficient (Wildman–Crippen LogP) is 5.34. The summed E-state index contributed by atoms with van der Waals surface area (Å²) < 4.78 is 29.1. The molecule has 0 radical (unpaired) electrons. The van der Waals surface area contributed by atoms with Gasteiger partial charge in [0.15, 0.2) is 0 Å². The monoisotopic (exact) mass is 419 g/mol. The summed E-state index contributed by atoms with van der Waals surface area (Å²) in [5.41, 5.74) is 6.14. The summed E-state index contributed by atoms with van der Waals surface area (Å²) in [6.07, 6.45) is 0.856. The molecule has 0 saturated carbocycles. The molecule has 0 bridgehead atoms. The van der Waals surface area contributed by atoms with E-state index in [9.17, 15) is 8.42 Å². The Balaban J connectivity index is 2.23. The molecule has 0 unspecified atom stereocenters. The van der Waals surface area contributed by atoms with Gasteiger partial charge in [-0.2, -0.15) is 0 Å². The number of halogens is 1. The first-order valence-corrected chi connectivity index (χ1v) is 10.6. The van der Waals surface area contributed by atoms with Gasteiger partial charge in [0.1, 0.15) is 0 Å². The van der Waals surface area contributed by atoms with Crippen molar-refractivity contribution in [1.82, 2.24) is 0 Å². The van der Waals surface area contributed by atoms with Gasteiger partial charge in [-0.25, -0.2) is 8.42 Å². The maximum Gasteiger partial charge on any atom is 0.264 e. The molecule has 0 aliphatic carbocycles. The largest absolute Gasteiger partial charge is 0.264 e. The zero-order valence-electron chi connectivity index (χ0n) is 14.9. The Bertz CT molecular complexity index is 960. The van der Waals surface area contributed by atoms with Gasteiger partial charge in [0.2, 0.25) is 0 Å². The van der Waals surface area contributed by atoms with E-state index in [1.54, 1.807) is 12.1 Å². The highest BCUT2D eigenvalue weighted by Crippen LogP contribution is 2.43. The Morgan fingerprint density at radius 3 is 2.28 bits per heavy atom. The minimum Gasteiger partial charge on any atom is -0.260 e. The molecular weight excluding hydrogens is 398 g/mol. The zero-order chi connectivity index (χ0) is 18.4. The number of hydrogen-bond acceptors (Lipinski definition) is 2. The highest BCUT2D eigenvalue weighted by molar-refractivity contribution is 9.11. The molecule has 0 N–H and O–H groups in total. The lowest BCUT2D eigenvalue weighted by molar-refractivity contribution is 0.592. The Hall–Kier alpha value is -1.59. The predicted molar refractivity (Wildman–Crippen MR) is 108 cm³/mol. The summed E-state index contributed by atoms with van der Waals surface area (Å²) in [6, 6.07) is 11.2.